The monoisotopic (exact) mass is 364 g/mol. The van der Waals surface area contributed by atoms with Crippen molar-refractivity contribution in [2.45, 2.75) is 18.9 Å². The summed E-state index contributed by atoms with van der Waals surface area (Å²) in [5.74, 6) is 0.742. The molecule has 24 heavy (non-hydrogen) atoms. The minimum absolute atomic E-state index is 0.0159. The first-order valence-corrected chi connectivity index (χ1v) is 9.42. The Morgan fingerprint density at radius 2 is 2.08 bits per heavy atom. The third-order valence-corrected chi connectivity index (χ3v) is 6.34. The molecule has 6 nitrogen and oxygen atoms in total. The van der Waals surface area contributed by atoms with Gasteiger partial charge in [-0.1, -0.05) is 0 Å². The summed E-state index contributed by atoms with van der Waals surface area (Å²) in [5, 5.41) is 1.82. The number of thiophene rings is 2. The maximum Gasteiger partial charge on any atom is 0.268 e. The van der Waals surface area contributed by atoms with Gasteiger partial charge in [0.1, 0.15) is 18.1 Å². The highest BCUT2D eigenvalue weighted by Crippen LogP contribution is 2.43. The Labute approximate surface area is 146 Å². The van der Waals surface area contributed by atoms with E-state index in [1.165, 1.54) is 22.7 Å². The largest absolute Gasteiger partial charge is 0.485 e. The molecule has 0 bridgehead atoms. The topological polar surface area (TPSA) is 81.9 Å². The Morgan fingerprint density at radius 3 is 2.88 bits per heavy atom. The van der Waals surface area contributed by atoms with Crippen LogP contribution in [0, 0.1) is 0 Å². The van der Waals surface area contributed by atoms with E-state index in [1.807, 2.05) is 16.3 Å². The van der Waals surface area contributed by atoms with Crippen LogP contribution in [-0.2, 0) is 0 Å². The van der Waals surface area contributed by atoms with E-state index in [0.717, 1.165) is 17.7 Å². The maximum atomic E-state index is 13.0. The molecule has 0 radical (unpaired) electrons. The summed E-state index contributed by atoms with van der Waals surface area (Å²) >= 11 is 2.72. The van der Waals surface area contributed by atoms with Gasteiger partial charge < -0.3 is 20.1 Å². The van der Waals surface area contributed by atoms with Crippen molar-refractivity contribution in [2.75, 3.05) is 19.8 Å². The first kappa shape index (κ1) is 15.5. The van der Waals surface area contributed by atoms with E-state index in [-0.39, 0.29) is 11.9 Å². The van der Waals surface area contributed by atoms with E-state index >= 15 is 0 Å². The molecule has 2 aromatic heterocycles. The normalized spacial score (nSPS) is 19.5. The van der Waals surface area contributed by atoms with E-state index in [2.05, 4.69) is 0 Å². The molecule has 2 N–H and O–H groups in total. The molecule has 0 spiro atoms. The molecular formula is C16H16N2O4S2. The molecule has 2 amide bonds. The second-order valence-corrected chi connectivity index (χ2v) is 7.67. The highest BCUT2D eigenvalue weighted by molar-refractivity contribution is 7.14. The lowest BCUT2D eigenvalue weighted by Gasteiger charge is -2.24. The number of fused-ring (bicyclic) bond motifs is 1. The van der Waals surface area contributed by atoms with E-state index in [4.69, 9.17) is 15.2 Å². The van der Waals surface area contributed by atoms with Gasteiger partial charge in [0, 0.05) is 16.8 Å². The lowest BCUT2D eigenvalue weighted by atomic mass is 10.2. The highest BCUT2D eigenvalue weighted by Gasteiger charge is 2.35. The number of hydrogen-bond donors (Lipinski definition) is 1. The van der Waals surface area contributed by atoms with Crippen LogP contribution in [0.5, 0.6) is 11.5 Å². The van der Waals surface area contributed by atoms with Crippen molar-refractivity contribution >= 4 is 34.5 Å². The van der Waals surface area contributed by atoms with Crippen molar-refractivity contribution < 1.29 is 19.1 Å². The maximum absolute atomic E-state index is 13.0. The molecule has 0 saturated carbocycles. The molecule has 4 rings (SSSR count). The fourth-order valence-electron chi connectivity index (χ4n) is 3.11. The summed E-state index contributed by atoms with van der Waals surface area (Å²) in [6, 6.07) is 3.61. The molecule has 0 aromatic carbocycles. The number of hydrogen-bond acceptors (Lipinski definition) is 6. The molecule has 1 atom stereocenters. The second kappa shape index (κ2) is 6.10. The summed E-state index contributed by atoms with van der Waals surface area (Å²) in [5.41, 5.74) is 5.34. The summed E-state index contributed by atoms with van der Waals surface area (Å²) in [6.07, 6.45) is 1.82. The fraction of sp³-hybridized carbons (Fsp3) is 0.375. The lowest BCUT2D eigenvalue weighted by Crippen LogP contribution is -2.30. The van der Waals surface area contributed by atoms with Gasteiger partial charge in [0.25, 0.3) is 11.8 Å². The second-order valence-electron chi connectivity index (χ2n) is 5.68. The van der Waals surface area contributed by atoms with Gasteiger partial charge in [-0.15, -0.1) is 22.7 Å². The standard InChI is InChI=1S/C16H16N2O4S2/c17-15(19)12-4-3-11(24-12)9-2-1-5-18(9)16(20)14-13-10(8-23-14)21-6-7-22-13/h3-4,8-9H,1-2,5-7H2,(H2,17,19). The van der Waals surface area contributed by atoms with Crippen molar-refractivity contribution in [2.24, 2.45) is 5.73 Å². The highest BCUT2D eigenvalue weighted by atomic mass is 32.1. The number of nitrogens with zero attached hydrogens (tertiary/aromatic N) is 1. The Hall–Kier alpha value is -2.06. The van der Waals surface area contributed by atoms with Gasteiger partial charge in [0.05, 0.1) is 10.9 Å². The average molecular weight is 364 g/mol. The number of ether oxygens (including phenoxy) is 2. The predicted molar refractivity (Wildman–Crippen MR) is 91.2 cm³/mol. The first-order valence-electron chi connectivity index (χ1n) is 7.72. The summed E-state index contributed by atoms with van der Waals surface area (Å²) in [4.78, 5) is 28.3. The van der Waals surface area contributed by atoms with Gasteiger partial charge in [-0.05, 0) is 25.0 Å². The molecular weight excluding hydrogens is 348 g/mol. The lowest BCUT2D eigenvalue weighted by molar-refractivity contribution is 0.0734. The molecule has 126 valence electrons. The number of amides is 2. The summed E-state index contributed by atoms with van der Waals surface area (Å²) < 4.78 is 11.2. The molecule has 2 aromatic rings. The van der Waals surface area contributed by atoms with E-state index in [9.17, 15) is 9.59 Å². The fourth-order valence-corrected chi connectivity index (χ4v) is 5.00. The van der Waals surface area contributed by atoms with Crippen molar-refractivity contribution in [1.29, 1.82) is 0 Å². The van der Waals surface area contributed by atoms with Gasteiger partial charge in [-0.2, -0.15) is 0 Å². The molecule has 1 unspecified atom stereocenters. The Bertz CT molecular complexity index is 798. The van der Waals surface area contributed by atoms with Gasteiger partial charge in [-0.3, -0.25) is 9.59 Å². The molecule has 2 aliphatic rings. The van der Waals surface area contributed by atoms with E-state index in [0.29, 0.717) is 41.0 Å². The van der Waals surface area contributed by atoms with Crippen LogP contribution in [0.3, 0.4) is 0 Å². The zero-order valence-corrected chi connectivity index (χ0v) is 14.5. The predicted octanol–water partition coefficient (Wildman–Crippen LogP) is 2.66. The van der Waals surface area contributed by atoms with Crippen LogP contribution < -0.4 is 15.2 Å². The van der Waals surface area contributed by atoms with Crippen LogP contribution in [0.15, 0.2) is 17.5 Å². The number of rotatable bonds is 3. The van der Waals surface area contributed by atoms with Gasteiger partial charge in [0.2, 0.25) is 0 Å². The van der Waals surface area contributed by atoms with E-state index < -0.39 is 5.91 Å². The third-order valence-electron chi connectivity index (χ3n) is 4.21. The quantitative estimate of drug-likeness (QED) is 0.908. The molecule has 1 saturated heterocycles. The molecule has 1 fully saturated rings. The van der Waals surface area contributed by atoms with Crippen LogP contribution >= 0.6 is 22.7 Å². The number of primary amides is 1. The van der Waals surface area contributed by atoms with Crippen molar-refractivity contribution in [3.8, 4) is 11.5 Å². The van der Waals surface area contributed by atoms with Crippen LogP contribution in [0.1, 0.15) is 43.1 Å². The molecule has 0 aliphatic carbocycles. The van der Waals surface area contributed by atoms with E-state index in [1.54, 1.807) is 6.07 Å². The summed E-state index contributed by atoms with van der Waals surface area (Å²) in [6.45, 7) is 1.66. The number of carbonyl (C=O) groups excluding carboxylic acids is 2. The van der Waals surface area contributed by atoms with Crippen LogP contribution in [0.25, 0.3) is 0 Å². The molecule has 8 heteroatoms. The van der Waals surface area contributed by atoms with Gasteiger partial charge in [-0.25, -0.2) is 0 Å². The van der Waals surface area contributed by atoms with Crippen molar-refractivity contribution in [1.82, 2.24) is 4.90 Å². The Balaban J connectivity index is 1.61. The third kappa shape index (κ3) is 2.55. The zero-order chi connectivity index (χ0) is 16.7. The number of carbonyl (C=O) groups is 2. The minimum atomic E-state index is -0.431. The Kier molecular flexibility index (Phi) is 3.93. The minimum Gasteiger partial charge on any atom is -0.485 e. The van der Waals surface area contributed by atoms with Crippen LogP contribution in [0.4, 0.5) is 0 Å². The smallest absolute Gasteiger partial charge is 0.268 e. The summed E-state index contributed by atoms with van der Waals surface area (Å²) in [7, 11) is 0. The van der Waals surface area contributed by atoms with Crippen LogP contribution in [-0.4, -0.2) is 36.5 Å². The SMILES string of the molecule is NC(=O)c1ccc(C2CCCN2C(=O)c2scc3c2OCCO3)s1. The first-order chi connectivity index (χ1) is 11.6. The number of nitrogens with two attached hydrogens (primary N) is 1. The molecule has 4 heterocycles. The Morgan fingerprint density at radius 1 is 1.25 bits per heavy atom. The molecule has 2 aliphatic heterocycles. The van der Waals surface area contributed by atoms with Gasteiger partial charge >= 0.3 is 0 Å². The zero-order valence-electron chi connectivity index (χ0n) is 12.8. The van der Waals surface area contributed by atoms with Crippen LogP contribution in [0.2, 0.25) is 0 Å². The average Bonchev–Trinajstić information content (AvgIpc) is 3.31. The number of likely N-dealkylation sites (tertiary alicyclic amines) is 1. The van der Waals surface area contributed by atoms with Crippen molar-refractivity contribution in [3.63, 3.8) is 0 Å². The van der Waals surface area contributed by atoms with Gasteiger partial charge in [0.15, 0.2) is 11.5 Å². The van der Waals surface area contributed by atoms with Crippen molar-refractivity contribution in [3.05, 3.63) is 32.1 Å².